The number of benzene rings is 1. The van der Waals surface area contributed by atoms with Crippen LogP contribution < -0.4 is 9.47 Å². The van der Waals surface area contributed by atoms with Gasteiger partial charge in [-0.2, -0.15) is 0 Å². The lowest BCUT2D eigenvalue weighted by Gasteiger charge is -2.29. The van der Waals surface area contributed by atoms with Crippen molar-refractivity contribution < 1.29 is 22.7 Å². The number of hydrogen-bond acceptors (Lipinski definition) is 5. The van der Waals surface area contributed by atoms with Gasteiger partial charge in [-0.1, -0.05) is 6.07 Å². The van der Waals surface area contributed by atoms with E-state index in [1.165, 1.54) is 0 Å². The molecule has 24 heavy (non-hydrogen) atoms. The Balaban J connectivity index is 2.11. The van der Waals surface area contributed by atoms with Gasteiger partial charge in [-0.25, -0.2) is 8.42 Å². The van der Waals surface area contributed by atoms with Gasteiger partial charge in [-0.05, 0) is 44.9 Å². The molecule has 0 bridgehead atoms. The number of carbonyl (C=O) groups is 1. The van der Waals surface area contributed by atoms with Gasteiger partial charge in [0.1, 0.15) is 0 Å². The third-order valence-corrected chi connectivity index (χ3v) is 5.99. The molecule has 7 heteroatoms. The number of amides is 1. The highest BCUT2D eigenvalue weighted by molar-refractivity contribution is 7.91. The van der Waals surface area contributed by atoms with Gasteiger partial charge in [0.05, 0.1) is 18.6 Å². The van der Waals surface area contributed by atoms with Crippen molar-refractivity contribution in [3.8, 4) is 11.5 Å². The third kappa shape index (κ3) is 4.20. The van der Waals surface area contributed by atoms with E-state index in [2.05, 4.69) is 0 Å². The van der Waals surface area contributed by atoms with Crippen LogP contribution in [0.5, 0.6) is 11.5 Å². The molecule has 1 heterocycles. The van der Waals surface area contributed by atoms with E-state index >= 15 is 0 Å². The quantitative estimate of drug-likeness (QED) is 0.778. The maximum Gasteiger partial charge on any atom is 0.263 e. The summed E-state index contributed by atoms with van der Waals surface area (Å²) in [5, 5.41) is 0. The van der Waals surface area contributed by atoms with Gasteiger partial charge in [0.15, 0.2) is 27.4 Å². The summed E-state index contributed by atoms with van der Waals surface area (Å²) in [6.45, 7) is 5.92. The van der Waals surface area contributed by atoms with Gasteiger partial charge in [0.25, 0.3) is 5.91 Å². The number of carbonyl (C=O) groups excluding carboxylic acids is 1. The summed E-state index contributed by atoms with van der Waals surface area (Å²) >= 11 is 0. The van der Waals surface area contributed by atoms with Crippen molar-refractivity contribution >= 4 is 15.7 Å². The Labute approximate surface area is 143 Å². The average molecular weight is 355 g/mol. The van der Waals surface area contributed by atoms with Crippen molar-refractivity contribution in [3.63, 3.8) is 0 Å². The first-order valence-corrected chi connectivity index (χ1v) is 9.91. The van der Waals surface area contributed by atoms with E-state index in [1.807, 2.05) is 26.0 Å². The minimum atomic E-state index is -3.04. The molecule has 1 aromatic rings. The maximum absolute atomic E-state index is 12.7. The molecule has 0 radical (unpaired) electrons. The fourth-order valence-electron chi connectivity index (χ4n) is 2.96. The van der Waals surface area contributed by atoms with E-state index in [0.717, 1.165) is 5.56 Å². The Kier molecular flexibility index (Phi) is 5.74. The number of aryl methyl sites for hydroxylation is 1. The number of rotatable bonds is 6. The van der Waals surface area contributed by atoms with Gasteiger partial charge in [-0.3, -0.25) is 4.79 Å². The van der Waals surface area contributed by atoms with Crippen LogP contribution in [-0.4, -0.2) is 56.5 Å². The second-order valence-electron chi connectivity index (χ2n) is 6.10. The number of sulfone groups is 1. The average Bonchev–Trinajstić information content (AvgIpc) is 2.89. The van der Waals surface area contributed by atoms with Crippen LogP contribution in [0.1, 0.15) is 25.8 Å². The lowest BCUT2D eigenvalue weighted by molar-refractivity contribution is -0.139. The van der Waals surface area contributed by atoms with Crippen LogP contribution in [-0.2, 0) is 14.6 Å². The zero-order valence-corrected chi connectivity index (χ0v) is 15.4. The highest BCUT2D eigenvalue weighted by Crippen LogP contribution is 2.29. The summed E-state index contributed by atoms with van der Waals surface area (Å²) in [5.41, 5.74) is 1.03. The number of methoxy groups -OCH3 is 1. The number of likely N-dealkylation sites (N-methyl/N-ethyl adjacent to an activating group) is 1. The zero-order valence-electron chi connectivity index (χ0n) is 14.6. The first kappa shape index (κ1) is 18.6. The Hall–Kier alpha value is -1.76. The van der Waals surface area contributed by atoms with Crippen molar-refractivity contribution in [2.45, 2.75) is 39.3 Å². The molecule has 0 saturated carbocycles. The topological polar surface area (TPSA) is 72.9 Å². The Morgan fingerprint density at radius 1 is 1.38 bits per heavy atom. The Morgan fingerprint density at radius 2 is 2.08 bits per heavy atom. The Bertz CT molecular complexity index is 701. The monoisotopic (exact) mass is 355 g/mol. The lowest BCUT2D eigenvalue weighted by atomic mass is 10.2. The van der Waals surface area contributed by atoms with Crippen LogP contribution in [0, 0.1) is 6.92 Å². The van der Waals surface area contributed by atoms with Crippen LogP contribution in [0.4, 0.5) is 0 Å². The molecule has 2 atom stereocenters. The summed E-state index contributed by atoms with van der Waals surface area (Å²) in [7, 11) is -1.49. The zero-order chi connectivity index (χ0) is 17.9. The van der Waals surface area contributed by atoms with Crippen molar-refractivity contribution in [1.29, 1.82) is 0 Å². The predicted octanol–water partition coefficient (Wildman–Crippen LogP) is 1.81. The molecule has 1 fully saturated rings. The summed E-state index contributed by atoms with van der Waals surface area (Å²) in [6, 6.07) is 5.23. The van der Waals surface area contributed by atoms with Gasteiger partial charge in [-0.15, -0.1) is 0 Å². The summed E-state index contributed by atoms with van der Waals surface area (Å²) in [6.07, 6.45) is -0.229. The molecule has 1 aliphatic heterocycles. The standard InChI is InChI=1S/C17H25NO5S/c1-5-18(14-8-9-24(20,21)11-14)17(19)13(3)23-15-7-6-12(2)10-16(15)22-4/h6-7,10,13-14H,5,8-9,11H2,1-4H3/t13-,14+/m0/s1. The van der Waals surface area contributed by atoms with E-state index in [-0.39, 0.29) is 23.5 Å². The van der Waals surface area contributed by atoms with Gasteiger partial charge in [0.2, 0.25) is 0 Å². The van der Waals surface area contributed by atoms with E-state index in [0.29, 0.717) is 24.5 Å². The van der Waals surface area contributed by atoms with Crippen LogP contribution in [0.25, 0.3) is 0 Å². The molecular weight excluding hydrogens is 330 g/mol. The molecule has 0 spiro atoms. The highest BCUT2D eigenvalue weighted by atomic mass is 32.2. The second-order valence-corrected chi connectivity index (χ2v) is 8.32. The maximum atomic E-state index is 12.7. The molecule has 2 rings (SSSR count). The molecule has 1 aromatic carbocycles. The minimum absolute atomic E-state index is 0.0349. The lowest BCUT2D eigenvalue weighted by Crippen LogP contribution is -2.46. The van der Waals surface area contributed by atoms with Crippen LogP contribution in [0.3, 0.4) is 0 Å². The summed E-state index contributed by atoms with van der Waals surface area (Å²) in [5.74, 6) is 1.04. The van der Waals surface area contributed by atoms with Crippen LogP contribution >= 0.6 is 0 Å². The fourth-order valence-corrected chi connectivity index (χ4v) is 4.69. The first-order chi connectivity index (χ1) is 11.3. The van der Waals surface area contributed by atoms with Crippen LogP contribution in [0.15, 0.2) is 18.2 Å². The molecular formula is C17H25NO5S. The fraction of sp³-hybridized carbons (Fsp3) is 0.588. The molecule has 0 N–H and O–H groups in total. The molecule has 0 unspecified atom stereocenters. The number of nitrogens with zero attached hydrogens (tertiary/aromatic N) is 1. The number of hydrogen-bond donors (Lipinski definition) is 0. The smallest absolute Gasteiger partial charge is 0.263 e. The normalized spacial score (nSPS) is 20.4. The van der Waals surface area contributed by atoms with Crippen LogP contribution in [0.2, 0.25) is 0 Å². The SMILES string of the molecule is CCN(C(=O)[C@H](C)Oc1ccc(C)cc1OC)[C@@H]1CCS(=O)(=O)C1. The van der Waals surface area contributed by atoms with Crippen molar-refractivity contribution in [3.05, 3.63) is 23.8 Å². The van der Waals surface area contributed by atoms with E-state index in [9.17, 15) is 13.2 Å². The molecule has 6 nitrogen and oxygen atoms in total. The van der Waals surface area contributed by atoms with Gasteiger partial charge >= 0.3 is 0 Å². The second kappa shape index (κ2) is 7.42. The molecule has 1 saturated heterocycles. The molecule has 1 aliphatic rings. The van der Waals surface area contributed by atoms with Gasteiger partial charge in [0, 0.05) is 12.6 Å². The summed E-state index contributed by atoms with van der Waals surface area (Å²) in [4.78, 5) is 14.3. The van der Waals surface area contributed by atoms with Crippen molar-refractivity contribution in [2.24, 2.45) is 0 Å². The van der Waals surface area contributed by atoms with E-state index in [4.69, 9.17) is 9.47 Å². The largest absolute Gasteiger partial charge is 0.493 e. The minimum Gasteiger partial charge on any atom is -0.493 e. The van der Waals surface area contributed by atoms with Crippen molar-refractivity contribution in [1.82, 2.24) is 4.90 Å². The van der Waals surface area contributed by atoms with Gasteiger partial charge < -0.3 is 14.4 Å². The number of ether oxygens (including phenoxy) is 2. The van der Waals surface area contributed by atoms with E-state index in [1.54, 1.807) is 25.0 Å². The molecule has 134 valence electrons. The highest BCUT2D eigenvalue weighted by Gasteiger charge is 2.35. The summed E-state index contributed by atoms with van der Waals surface area (Å²) < 4.78 is 34.4. The first-order valence-electron chi connectivity index (χ1n) is 8.09. The van der Waals surface area contributed by atoms with E-state index < -0.39 is 15.9 Å². The predicted molar refractivity (Wildman–Crippen MR) is 92.3 cm³/mol. The van der Waals surface area contributed by atoms with Crippen molar-refractivity contribution in [2.75, 3.05) is 25.2 Å². The molecule has 0 aliphatic carbocycles. The Morgan fingerprint density at radius 3 is 2.62 bits per heavy atom. The molecule has 1 amide bonds. The molecule has 0 aromatic heterocycles. The third-order valence-electron chi connectivity index (χ3n) is 4.24.